The Morgan fingerprint density at radius 2 is 2.04 bits per heavy atom. The molecule has 4 N–H and O–H groups in total. The van der Waals surface area contributed by atoms with Crippen LogP contribution in [-0.4, -0.2) is 34.6 Å². The summed E-state index contributed by atoms with van der Waals surface area (Å²) in [6.45, 7) is 1.14. The lowest BCUT2D eigenvalue weighted by atomic mass is 10.2. The summed E-state index contributed by atoms with van der Waals surface area (Å²) < 4.78 is 27.1. The van der Waals surface area contributed by atoms with Gasteiger partial charge in [0, 0.05) is 32.1 Å². The van der Waals surface area contributed by atoms with Gasteiger partial charge in [0.05, 0.1) is 4.90 Å². The number of sulfonamides is 1. The molecule has 0 aromatic heterocycles. The van der Waals surface area contributed by atoms with Crippen molar-refractivity contribution in [1.82, 2.24) is 5.32 Å². The molecule has 0 aliphatic carbocycles. The topological polar surface area (TPSA) is 134 Å². The molecule has 0 aliphatic heterocycles. The second-order valence-electron chi connectivity index (χ2n) is 4.49. The standard InChI is InChI=1S/C14H18N4O4S/c1-22-8-2-7-17-10-11(9-15)14(19)18-12-3-5-13(6-4-12)23(16,20)21/h3-6,10,17H,2,7-8H2,1H3,(H,18,19)(H2,16,20,21)/b11-10-. The van der Waals surface area contributed by atoms with Gasteiger partial charge in [0.15, 0.2) is 0 Å². The van der Waals surface area contributed by atoms with Gasteiger partial charge in [-0.15, -0.1) is 0 Å². The summed E-state index contributed by atoms with van der Waals surface area (Å²) in [5, 5.41) is 19.3. The number of hydrogen-bond acceptors (Lipinski definition) is 6. The van der Waals surface area contributed by atoms with Crippen LogP contribution in [0.2, 0.25) is 0 Å². The van der Waals surface area contributed by atoms with E-state index in [4.69, 9.17) is 15.1 Å². The van der Waals surface area contributed by atoms with Gasteiger partial charge in [0.25, 0.3) is 5.91 Å². The average molecular weight is 338 g/mol. The number of carbonyl (C=O) groups is 1. The van der Waals surface area contributed by atoms with Crippen molar-refractivity contribution in [2.75, 3.05) is 25.6 Å². The molecule has 0 unspecified atom stereocenters. The molecule has 124 valence electrons. The molecule has 0 saturated heterocycles. The highest BCUT2D eigenvalue weighted by atomic mass is 32.2. The highest BCUT2D eigenvalue weighted by Crippen LogP contribution is 2.13. The van der Waals surface area contributed by atoms with Gasteiger partial charge in [-0.3, -0.25) is 4.79 Å². The number of amides is 1. The second kappa shape index (κ2) is 8.89. The maximum absolute atomic E-state index is 11.9. The molecule has 0 saturated carbocycles. The van der Waals surface area contributed by atoms with E-state index < -0.39 is 15.9 Å². The van der Waals surface area contributed by atoms with Gasteiger partial charge in [0.2, 0.25) is 10.0 Å². The van der Waals surface area contributed by atoms with Gasteiger partial charge in [-0.2, -0.15) is 5.26 Å². The van der Waals surface area contributed by atoms with Crippen LogP contribution in [0.1, 0.15) is 6.42 Å². The normalized spacial score (nSPS) is 11.6. The van der Waals surface area contributed by atoms with Crippen molar-refractivity contribution in [2.24, 2.45) is 5.14 Å². The number of primary sulfonamides is 1. The summed E-state index contributed by atoms with van der Waals surface area (Å²) >= 11 is 0. The Kier molecular flexibility index (Phi) is 7.21. The smallest absolute Gasteiger partial charge is 0.267 e. The zero-order valence-electron chi connectivity index (χ0n) is 12.6. The van der Waals surface area contributed by atoms with E-state index in [0.29, 0.717) is 18.8 Å². The summed E-state index contributed by atoms with van der Waals surface area (Å²) in [7, 11) is -2.20. The van der Waals surface area contributed by atoms with E-state index in [1.54, 1.807) is 13.2 Å². The summed E-state index contributed by atoms with van der Waals surface area (Å²) in [5.41, 5.74) is 0.251. The van der Waals surface area contributed by atoms with Crippen LogP contribution in [0.5, 0.6) is 0 Å². The van der Waals surface area contributed by atoms with Crippen molar-refractivity contribution >= 4 is 21.6 Å². The Morgan fingerprint density at radius 1 is 1.39 bits per heavy atom. The summed E-state index contributed by atoms with van der Waals surface area (Å²) in [6.07, 6.45) is 2.06. The van der Waals surface area contributed by atoms with Crippen LogP contribution in [-0.2, 0) is 19.6 Å². The van der Waals surface area contributed by atoms with Crippen LogP contribution in [0.3, 0.4) is 0 Å². The molecule has 1 amide bonds. The third kappa shape index (κ3) is 6.48. The van der Waals surface area contributed by atoms with Gasteiger partial charge in [-0.25, -0.2) is 13.6 Å². The van der Waals surface area contributed by atoms with Gasteiger partial charge in [-0.1, -0.05) is 0 Å². The predicted octanol–water partition coefficient (Wildman–Crippen LogP) is 0.306. The predicted molar refractivity (Wildman–Crippen MR) is 84.6 cm³/mol. The highest BCUT2D eigenvalue weighted by Gasteiger charge is 2.11. The lowest BCUT2D eigenvalue weighted by Gasteiger charge is -2.06. The monoisotopic (exact) mass is 338 g/mol. The molecule has 1 aromatic carbocycles. The van der Waals surface area contributed by atoms with Crippen molar-refractivity contribution < 1.29 is 17.9 Å². The van der Waals surface area contributed by atoms with Gasteiger partial charge in [0.1, 0.15) is 11.6 Å². The van der Waals surface area contributed by atoms with Crippen LogP contribution >= 0.6 is 0 Å². The zero-order chi connectivity index (χ0) is 17.3. The van der Waals surface area contributed by atoms with E-state index in [2.05, 4.69) is 10.6 Å². The minimum Gasteiger partial charge on any atom is -0.390 e. The number of nitrogens with zero attached hydrogens (tertiary/aromatic N) is 1. The molecule has 0 spiro atoms. The maximum Gasteiger partial charge on any atom is 0.267 e. The molecule has 8 nitrogen and oxygen atoms in total. The molecule has 1 rings (SSSR count). The zero-order valence-corrected chi connectivity index (χ0v) is 13.4. The fourth-order valence-electron chi connectivity index (χ4n) is 1.57. The van der Waals surface area contributed by atoms with Gasteiger partial charge in [-0.05, 0) is 30.7 Å². The Labute approximate surface area is 135 Å². The highest BCUT2D eigenvalue weighted by molar-refractivity contribution is 7.89. The fraction of sp³-hybridized carbons (Fsp3) is 0.286. The van der Waals surface area contributed by atoms with Gasteiger partial charge >= 0.3 is 0 Å². The number of nitrogens with one attached hydrogen (secondary N) is 2. The number of rotatable bonds is 8. The Morgan fingerprint density at radius 3 is 2.57 bits per heavy atom. The Balaban J connectivity index is 2.66. The quantitative estimate of drug-likeness (QED) is 0.355. The van der Waals surface area contributed by atoms with E-state index in [1.807, 2.05) is 0 Å². The number of ether oxygens (including phenoxy) is 1. The molecular weight excluding hydrogens is 320 g/mol. The lowest BCUT2D eigenvalue weighted by molar-refractivity contribution is -0.112. The van der Waals surface area contributed by atoms with Crippen LogP contribution in [0.15, 0.2) is 40.9 Å². The first-order valence-corrected chi connectivity index (χ1v) is 8.20. The molecule has 0 radical (unpaired) electrons. The number of hydrogen-bond donors (Lipinski definition) is 3. The molecule has 9 heteroatoms. The molecule has 0 aliphatic rings. The summed E-state index contributed by atoms with van der Waals surface area (Å²) in [6, 6.07) is 7.10. The largest absolute Gasteiger partial charge is 0.390 e. The summed E-state index contributed by atoms with van der Waals surface area (Å²) in [4.78, 5) is 11.9. The van der Waals surface area contributed by atoms with Crippen molar-refractivity contribution in [2.45, 2.75) is 11.3 Å². The van der Waals surface area contributed by atoms with Crippen molar-refractivity contribution in [3.05, 3.63) is 36.0 Å². The van der Waals surface area contributed by atoms with Crippen molar-refractivity contribution in [3.8, 4) is 6.07 Å². The van der Waals surface area contributed by atoms with Crippen LogP contribution < -0.4 is 15.8 Å². The minimum atomic E-state index is -3.79. The first kappa shape index (κ1) is 18.6. The molecule has 0 heterocycles. The summed E-state index contributed by atoms with van der Waals surface area (Å²) in [5.74, 6) is -0.602. The SMILES string of the molecule is COCCCN/C=C(/C#N)C(=O)Nc1ccc(S(N)(=O)=O)cc1. The van der Waals surface area contributed by atoms with Crippen LogP contribution in [0.4, 0.5) is 5.69 Å². The van der Waals surface area contributed by atoms with E-state index in [-0.39, 0.29) is 10.5 Å². The molecular formula is C14H18N4O4S. The van der Waals surface area contributed by atoms with Crippen molar-refractivity contribution in [3.63, 3.8) is 0 Å². The molecule has 1 aromatic rings. The lowest BCUT2D eigenvalue weighted by Crippen LogP contribution is -2.18. The van der Waals surface area contributed by atoms with Crippen molar-refractivity contribution in [1.29, 1.82) is 5.26 Å². The number of nitriles is 1. The second-order valence-corrected chi connectivity index (χ2v) is 6.06. The first-order chi connectivity index (χ1) is 10.9. The molecule has 0 fully saturated rings. The van der Waals surface area contributed by atoms with Crippen LogP contribution in [0.25, 0.3) is 0 Å². The minimum absolute atomic E-state index is 0.0636. The number of carbonyl (C=O) groups excluding carboxylic acids is 1. The van der Waals surface area contributed by atoms with Crippen LogP contribution in [0, 0.1) is 11.3 Å². The molecule has 23 heavy (non-hydrogen) atoms. The molecule has 0 atom stereocenters. The number of benzene rings is 1. The van der Waals surface area contributed by atoms with Gasteiger partial charge < -0.3 is 15.4 Å². The molecule has 0 bridgehead atoms. The van der Waals surface area contributed by atoms with E-state index in [1.165, 1.54) is 30.5 Å². The van der Waals surface area contributed by atoms with E-state index >= 15 is 0 Å². The number of anilines is 1. The number of nitrogens with two attached hydrogens (primary N) is 1. The third-order valence-corrected chi connectivity index (χ3v) is 3.65. The fourth-order valence-corrected chi connectivity index (χ4v) is 2.08. The third-order valence-electron chi connectivity index (χ3n) is 2.72. The van der Waals surface area contributed by atoms with E-state index in [0.717, 1.165) is 6.42 Å². The average Bonchev–Trinajstić information content (AvgIpc) is 2.50. The Bertz CT molecular complexity index is 705. The first-order valence-electron chi connectivity index (χ1n) is 6.65. The maximum atomic E-state index is 11.9. The Hall–Kier alpha value is -2.41. The van der Waals surface area contributed by atoms with E-state index in [9.17, 15) is 13.2 Å². The number of methoxy groups -OCH3 is 1.